The van der Waals surface area contributed by atoms with Gasteiger partial charge in [0.25, 0.3) is 0 Å². The highest BCUT2D eigenvalue weighted by Crippen LogP contribution is 2.26. The lowest BCUT2D eigenvalue weighted by molar-refractivity contribution is 0.497. The normalized spacial score (nSPS) is 12.8. The summed E-state index contributed by atoms with van der Waals surface area (Å²) < 4.78 is 0. The molecule has 0 bridgehead atoms. The minimum Gasteiger partial charge on any atom is -0.310 e. The smallest absolute Gasteiger partial charge is 0.0346 e. The largest absolute Gasteiger partial charge is 0.310 e. The van der Waals surface area contributed by atoms with E-state index < -0.39 is 0 Å². The number of rotatable bonds is 6. The summed E-state index contributed by atoms with van der Waals surface area (Å²) in [5.41, 5.74) is 1.41. The summed E-state index contributed by atoms with van der Waals surface area (Å²) in [6.45, 7) is 5.53. The first-order valence-electron chi connectivity index (χ1n) is 6.92. The maximum absolute atomic E-state index is 4.20. The van der Waals surface area contributed by atoms with E-state index in [-0.39, 0.29) is 0 Å². The summed E-state index contributed by atoms with van der Waals surface area (Å²) in [5, 5.41) is 6.22. The lowest BCUT2D eigenvalue weighted by atomic mass is 9.97. The van der Waals surface area contributed by atoms with E-state index in [1.807, 2.05) is 12.4 Å². The van der Waals surface area contributed by atoms with Crippen LogP contribution >= 0.6 is 0 Å². The molecule has 0 aliphatic rings. The summed E-state index contributed by atoms with van der Waals surface area (Å²) in [6.07, 6.45) is 7.38. The molecule has 1 unspecified atom stereocenters. The predicted molar refractivity (Wildman–Crippen MR) is 77.7 cm³/mol. The number of nitrogens with one attached hydrogen (secondary N) is 1. The van der Waals surface area contributed by atoms with Crippen molar-refractivity contribution in [2.24, 2.45) is 0 Å². The topological polar surface area (TPSA) is 24.9 Å². The molecule has 1 atom stereocenters. The van der Waals surface area contributed by atoms with E-state index >= 15 is 0 Å². The van der Waals surface area contributed by atoms with Crippen molar-refractivity contribution in [2.45, 2.75) is 39.2 Å². The molecular weight excluding hydrogens is 220 g/mol. The highest BCUT2D eigenvalue weighted by Gasteiger charge is 2.12. The summed E-state index contributed by atoms with van der Waals surface area (Å²) in [6, 6.07) is 9.09. The molecule has 0 saturated carbocycles. The van der Waals surface area contributed by atoms with Gasteiger partial charge in [0.1, 0.15) is 0 Å². The fourth-order valence-electron chi connectivity index (χ4n) is 2.43. The molecule has 0 spiro atoms. The lowest BCUT2D eigenvalue weighted by Gasteiger charge is -2.20. The van der Waals surface area contributed by atoms with Crippen LogP contribution in [-0.2, 0) is 0 Å². The molecular formula is C16H22N2. The van der Waals surface area contributed by atoms with Crippen molar-refractivity contribution < 1.29 is 0 Å². The zero-order valence-electron chi connectivity index (χ0n) is 11.3. The molecule has 2 heteroatoms. The number of aromatic nitrogens is 1. The standard InChI is InChI=1S/C16H22N2/c1-3-6-16(18-10-4-2)15-8-5-7-13-12-17-11-9-14(13)15/h5,7-9,11-12,16,18H,3-4,6,10H2,1-2H3. The van der Waals surface area contributed by atoms with Crippen LogP contribution in [0.4, 0.5) is 0 Å². The molecule has 2 nitrogen and oxygen atoms in total. The Morgan fingerprint density at radius 2 is 2.06 bits per heavy atom. The second kappa shape index (κ2) is 6.50. The van der Waals surface area contributed by atoms with E-state index in [2.05, 4.69) is 48.4 Å². The van der Waals surface area contributed by atoms with E-state index in [4.69, 9.17) is 0 Å². The van der Waals surface area contributed by atoms with Crippen LogP contribution in [0, 0.1) is 0 Å². The van der Waals surface area contributed by atoms with E-state index in [1.54, 1.807) is 0 Å². The van der Waals surface area contributed by atoms with Crippen molar-refractivity contribution in [1.82, 2.24) is 10.3 Å². The van der Waals surface area contributed by atoms with E-state index in [0.717, 1.165) is 6.54 Å². The van der Waals surface area contributed by atoms with Gasteiger partial charge in [0.2, 0.25) is 0 Å². The molecule has 0 radical (unpaired) electrons. The van der Waals surface area contributed by atoms with Gasteiger partial charge in [-0.2, -0.15) is 0 Å². The van der Waals surface area contributed by atoms with Gasteiger partial charge in [0, 0.05) is 23.8 Å². The number of hydrogen-bond donors (Lipinski definition) is 1. The predicted octanol–water partition coefficient (Wildman–Crippen LogP) is 4.08. The second-order valence-corrected chi connectivity index (χ2v) is 4.74. The Bertz CT molecular complexity index is 488. The quantitative estimate of drug-likeness (QED) is 0.825. The number of benzene rings is 1. The Kier molecular flexibility index (Phi) is 4.71. The molecule has 2 aromatic rings. The Hall–Kier alpha value is -1.41. The molecule has 0 aliphatic heterocycles. The molecule has 0 amide bonds. The molecule has 0 saturated heterocycles. The first-order valence-corrected chi connectivity index (χ1v) is 6.92. The Morgan fingerprint density at radius 1 is 1.17 bits per heavy atom. The zero-order chi connectivity index (χ0) is 12.8. The molecule has 96 valence electrons. The number of hydrogen-bond acceptors (Lipinski definition) is 2. The number of pyridine rings is 1. The van der Waals surface area contributed by atoms with Gasteiger partial charge >= 0.3 is 0 Å². The second-order valence-electron chi connectivity index (χ2n) is 4.74. The van der Waals surface area contributed by atoms with Gasteiger partial charge in [0.05, 0.1) is 0 Å². The van der Waals surface area contributed by atoms with Crippen molar-refractivity contribution in [1.29, 1.82) is 0 Å². The summed E-state index contributed by atoms with van der Waals surface area (Å²) in [5.74, 6) is 0. The fraction of sp³-hybridized carbons (Fsp3) is 0.438. The number of fused-ring (bicyclic) bond motifs is 1. The summed E-state index contributed by atoms with van der Waals surface area (Å²) in [4.78, 5) is 4.20. The van der Waals surface area contributed by atoms with Crippen LogP contribution in [0.1, 0.15) is 44.7 Å². The molecule has 1 heterocycles. The van der Waals surface area contributed by atoms with Crippen molar-refractivity contribution in [3.63, 3.8) is 0 Å². The van der Waals surface area contributed by atoms with Gasteiger partial charge < -0.3 is 5.32 Å². The molecule has 1 aromatic heterocycles. The monoisotopic (exact) mass is 242 g/mol. The van der Waals surface area contributed by atoms with Crippen LogP contribution in [0.3, 0.4) is 0 Å². The molecule has 18 heavy (non-hydrogen) atoms. The summed E-state index contributed by atoms with van der Waals surface area (Å²) in [7, 11) is 0. The van der Waals surface area contributed by atoms with Crippen molar-refractivity contribution in [3.05, 3.63) is 42.2 Å². The van der Waals surface area contributed by atoms with Crippen LogP contribution in [-0.4, -0.2) is 11.5 Å². The third kappa shape index (κ3) is 2.88. The molecule has 0 fully saturated rings. The molecule has 1 aromatic carbocycles. The molecule has 0 aliphatic carbocycles. The van der Waals surface area contributed by atoms with Crippen LogP contribution < -0.4 is 5.32 Å². The average Bonchev–Trinajstić information content (AvgIpc) is 2.43. The van der Waals surface area contributed by atoms with Gasteiger partial charge in [-0.15, -0.1) is 0 Å². The highest BCUT2D eigenvalue weighted by atomic mass is 14.9. The van der Waals surface area contributed by atoms with Gasteiger partial charge in [0.15, 0.2) is 0 Å². The first kappa shape index (κ1) is 13.0. The number of nitrogens with zero attached hydrogens (tertiary/aromatic N) is 1. The van der Waals surface area contributed by atoms with E-state index in [9.17, 15) is 0 Å². The maximum atomic E-state index is 4.20. The third-order valence-corrected chi connectivity index (χ3v) is 3.31. The van der Waals surface area contributed by atoms with E-state index in [1.165, 1.54) is 35.6 Å². The Balaban J connectivity index is 2.36. The lowest BCUT2D eigenvalue weighted by Crippen LogP contribution is -2.22. The third-order valence-electron chi connectivity index (χ3n) is 3.31. The Morgan fingerprint density at radius 3 is 2.83 bits per heavy atom. The fourth-order valence-corrected chi connectivity index (χ4v) is 2.43. The highest BCUT2D eigenvalue weighted by molar-refractivity contribution is 5.85. The summed E-state index contributed by atoms with van der Waals surface area (Å²) >= 11 is 0. The van der Waals surface area contributed by atoms with Gasteiger partial charge in [-0.25, -0.2) is 0 Å². The van der Waals surface area contributed by atoms with Crippen LogP contribution in [0.15, 0.2) is 36.7 Å². The zero-order valence-corrected chi connectivity index (χ0v) is 11.3. The molecule has 2 rings (SSSR count). The van der Waals surface area contributed by atoms with Crippen LogP contribution in [0.5, 0.6) is 0 Å². The van der Waals surface area contributed by atoms with E-state index in [0.29, 0.717) is 6.04 Å². The maximum Gasteiger partial charge on any atom is 0.0346 e. The van der Waals surface area contributed by atoms with Crippen LogP contribution in [0.2, 0.25) is 0 Å². The average molecular weight is 242 g/mol. The van der Waals surface area contributed by atoms with Crippen molar-refractivity contribution >= 4 is 10.8 Å². The van der Waals surface area contributed by atoms with Gasteiger partial charge in [-0.3, -0.25) is 4.98 Å². The minimum absolute atomic E-state index is 0.459. The molecule has 1 N–H and O–H groups in total. The SMILES string of the molecule is CCCNC(CCC)c1cccc2cnccc12. The van der Waals surface area contributed by atoms with Crippen molar-refractivity contribution in [2.75, 3.05) is 6.54 Å². The van der Waals surface area contributed by atoms with Gasteiger partial charge in [-0.05, 0) is 36.4 Å². The van der Waals surface area contributed by atoms with Gasteiger partial charge in [-0.1, -0.05) is 38.5 Å². The van der Waals surface area contributed by atoms with Crippen LogP contribution in [0.25, 0.3) is 10.8 Å². The van der Waals surface area contributed by atoms with Crippen molar-refractivity contribution in [3.8, 4) is 0 Å². The Labute approximate surface area is 109 Å². The minimum atomic E-state index is 0.459. The first-order chi connectivity index (χ1) is 8.86.